The molecule has 1 amide bonds. The molecular weight excluding hydrogens is 332 g/mol. The molecule has 1 unspecified atom stereocenters. The van der Waals surface area contributed by atoms with Crippen LogP contribution in [-0.2, 0) is 14.3 Å². The van der Waals surface area contributed by atoms with E-state index in [2.05, 4.69) is 5.32 Å². The van der Waals surface area contributed by atoms with Gasteiger partial charge in [-0.2, -0.15) is 0 Å². The van der Waals surface area contributed by atoms with Gasteiger partial charge in [0.1, 0.15) is 5.25 Å². The van der Waals surface area contributed by atoms with Crippen LogP contribution in [0, 0.1) is 10.1 Å². The smallest absolute Gasteiger partial charge is 0.319 e. The zero-order valence-electron chi connectivity index (χ0n) is 14.2. The number of thioether (sulfide) groups is 1. The maximum absolute atomic E-state index is 11.9. The normalized spacial score (nSPS) is 12.3. The summed E-state index contributed by atoms with van der Waals surface area (Å²) in [6, 6.07) is 5.90. The molecule has 24 heavy (non-hydrogen) atoms. The number of non-ortho nitro benzene ring substituents is 1. The zero-order valence-corrected chi connectivity index (χ0v) is 15.0. The SMILES string of the molecule is CCC(C)(C)NC(=O)COC(=O)C(C)Sc1ccc([N+](=O)[O-])cc1. The highest BCUT2D eigenvalue weighted by Gasteiger charge is 2.21. The van der Waals surface area contributed by atoms with Crippen molar-refractivity contribution in [1.29, 1.82) is 0 Å². The molecule has 1 N–H and O–H groups in total. The third-order valence-electron chi connectivity index (χ3n) is 3.40. The largest absolute Gasteiger partial charge is 0.455 e. The Morgan fingerprint density at radius 2 is 1.92 bits per heavy atom. The van der Waals surface area contributed by atoms with Crippen LogP contribution in [-0.4, -0.2) is 34.2 Å². The monoisotopic (exact) mass is 354 g/mol. The van der Waals surface area contributed by atoms with Crippen molar-refractivity contribution < 1.29 is 19.2 Å². The molecule has 0 aliphatic rings. The summed E-state index contributed by atoms with van der Waals surface area (Å²) >= 11 is 1.21. The van der Waals surface area contributed by atoms with Gasteiger partial charge in [-0.15, -0.1) is 11.8 Å². The van der Waals surface area contributed by atoms with E-state index in [1.54, 1.807) is 19.1 Å². The molecule has 1 atom stereocenters. The summed E-state index contributed by atoms with van der Waals surface area (Å²) in [5.41, 5.74) is -0.354. The molecule has 0 saturated heterocycles. The maximum Gasteiger partial charge on any atom is 0.319 e. The van der Waals surface area contributed by atoms with Crippen LogP contribution in [0.25, 0.3) is 0 Å². The number of nitro benzene ring substituents is 1. The highest BCUT2D eigenvalue weighted by atomic mass is 32.2. The highest BCUT2D eigenvalue weighted by molar-refractivity contribution is 8.00. The van der Waals surface area contributed by atoms with Crippen LogP contribution >= 0.6 is 11.8 Å². The van der Waals surface area contributed by atoms with Crippen LogP contribution in [0.4, 0.5) is 5.69 Å². The number of nitrogens with zero attached hydrogens (tertiary/aromatic N) is 1. The quantitative estimate of drug-likeness (QED) is 0.333. The lowest BCUT2D eigenvalue weighted by molar-refractivity contribution is -0.384. The fraction of sp³-hybridized carbons (Fsp3) is 0.500. The van der Waals surface area contributed by atoms with Crippen LogP contribution in [0.2, 0.25) is 0 Å². The number of nitro groups is 1. The summed E-state index contributed by atoms with van der Waals surface area (Å²) in [7, 11) is 0. The zero-order chi connectivity index (χ0) is 18.3. The average Bonchev–Trinajstić information content (AvgIpc) is 2.52. The van der Waals surface area contributed by atoms with Crippen molar-refractivity contribution in [3.05, 3.63) is 34.4 Å². The van der Waals surface area contributed by atoms with Gasteiger partial charge in [-0.25, -0.2) is 0 Å². The molecule has 0 aliphatic heterocycles. The van der Waals surface area contributed by atoms with Gasteiger partial charge in [-0.3, -0.25) is 19.7 Å². The van der Waals surface area contributed by atoms with Crippen LogP contribution in [0.3, 0.4) is 0 Å². The second kappa shape index (κ2) is 8.68. The predicted molar refractivity (Wildman–Crippen MR) is 91.9 cm³/mol. The third-order valence-corrected chi connectivity index (χ3v) is 4.49. The Hall–Kier alpha value is -2.09. The van der Waals surface area contributed by atoms with E-state index in [0.717, 1.165) is 6.42 Å². The number of carbonyl (C=O) groups excluding carboxylic acids is 2. The van der Waals surface area contributed by atoms with Crippen molar-refractivity contribution in [3.63, 3.8) is 0 Å². The molecule has 0 saturated carbocycles. The highest BCUT2D eigenvalue weighted by Crippen LogP contribution is 2.25. The number of hydrogen-bond acceptors (Lipinski definition) is 6. The second-order valence-electron chi connectivity index (χ2n) is 5.90. The average molecular weight is 354 g/mol. The van der Waals surface area contributed by atoms with E-state index < -0.39 is 16.1 Å². The van der Waals surface area contributed by atoms with Gasteiger partial charge < -0.3 is 10.1 Å². The van der Waals surface area contributed by atoms with Crippen LogP contribution in [0.5, 0.6) is 0 Å². The predicted octanol–water partition coefficient (Wildman–Crippen LogP) is 2.92. The van der Waals surface area contributed by atoms with E-state index in [4.69, 9.17) is 4.74 Å². The van der Waals surface area contributed by atoms with Crippen molar-refractivity contribution >= 4 is 29.3 Å². The minimum Gasteiger partial charge on any atom is -0.455 e. The van der Waals surface area contributed by atoms with Gasteiger partial charge in [0.05, 0.1) is 4.92 Å². The number of esters is 1. The van der Waals surface area contributed by atoms with Crippen LogP contribution in [0.1, 0.15) is 34.1 Å². The fourth-order valence-electron chi connectivity index (χ4n) is 1.65. The molecule has 1 aromatic rings. The molecule has 0 aromatic heterocycles. The number of benzene rings is 1. The van der Waals surface area contributed by atoms with Crippen LogP contribution in [0.15, 0.2) is 29.2 Å². The lowest BCUT2D eigenvalue weighted by Gasteiger charge is -2.24. The number of rotatable bonds is 8. The molecule has 0 heterocycles. The molecule has 0 spiro atoms. The minimum atomic E-state index is -0.529. The van der Waals surface area contributed by atoms with Crippen molar-refractivity contribution in [2.24, 2.45) is 0 Å². The third kappa shape index (κ3) is 6.57. The summed E-state index contributed by atoms with van der Waals surface area (Å²) in [4.78, 5) is 34.5. The Morgan fingerprint density at radius 3 is 2.42 bits per heavy atom. The Labute approximate surface area is 145 Å². The Balaban J connectivity index is 2.47. The molecule has 7 nitrogen and oxygen atoms in total. The van der Waals surface area contributed by atoms with Crippen LogP contribution < -0.4 is 5.32 Å². The summed E-state index contributed by atoms with van der Waals surface area (Å²) in [6.07, 6.45) is 0.763. The van der Waals surface area contributed by atoms with E-state index in [1.165, 1.54) is 23.9 Å². The maximum atomic E-state index is 11.9. The molecule has 0 bridgehead atoms. The van der Waals surface area contributed by atoms with Crippen molar-refractivity contribution in [2.45, 2.75) is 49.8 Å². The summed E-state index contributed by atoms with van der Waals surface area (Å²) in [5.74, 6) is -0.856. The summed E-state index contributed by atoms with van der Waals surface area (Å²) < 4.78 is 5.01. The fourth-order valence-corrected chi connectivity index (χ4v) is 2.52. The van der Waals surface area contributed by atoms with E-state index in [-0.39, 0.29) is 23.7 Å². The van der Waals surface area contributed by atoms with Crippen molar-refractivity contribution in [1.82, 2.24) is 5.32 Å². The van der Waals surface area contributed by atoms with Gasteiger partial charge in [0, 0.05) is 22.6 Å². The van der Waals surface area contributed by atoms with E-state index in [9.17, 15) is 19.7 Å². The first-order chi connectivity index (χ1) is 11.1. The lowest BCUT2D eigenvalue weighted by Crippen LogP contribution is -2.44. The Kier molecular flexibility index (Phi) is 7.21. The Morgan fingerprint density at radius 1 is 1.33 bits per heavy atom. The first kappa shape index (κ1) is 20.0. The van der Waals surface area contributed by atoms with Gasteiger partial charge >= 0.3 is 5.97 Å². The molecule has 8 heteroatoms. The number of hydrogen-bond donors (Lipinski definition) is 1. The Bertz CT molecular complexity index is 601. The molecule has 1 rings (SSSR count). The van der Waals surface area contributed by atoms with Gasteiger partial charge in [0.25, 0.3) is 11.6 Å². The summed E-state index contributed by atoms with van der Waals surface area (Å²) in [5, 5.41) is 12.8. The van der Waals surface area contributed by atoms with E-state index in [0.29, 0.717) is 4.90 Å². The van der Waals surface area contributed by atoms with Crippen molar-refractivity contribution in [3.8, 4) is 0 Å². The lowest BCUT2D eigenvalue weighted by atomic mass is 10.0. The number of nitrogens with one attached hydrogen (secondary N) is 1. The first-order valence-corrected chi connectivity index (χ1v) is 8.41. The number of carbonyl (C=O) groups is 2. The number of amides is 1. The van der Waals surface area contributed by atoms with Crippen molar-refractivity contribution in [2.75, 3.05) is 6.61 Å². The second-order valence-corrected chi connectivity index (χ2v) is 7.32. The summed E-state index contributed by atoms with van der Waals surface area (Å²) in [6.45, 7) is 7.06. The molecule has 0 fully saturated rings. The van der Waals surface area contributed by atoms with Gasteiger partial charge in [0.2, 0.25) is 0 Å². The van der Waals surface area contributed by atoms with Gasteiger partial charge in [-0.05, 0) is 39.3 Å². The van der Waals surface area contributed by atoms with Gasteiger partial charge in [0.15, 0.2) is 6.61 Å². The topological polar surface area (TPSA) is 98.5 Å². The first-order valence-electron chi connectivity index (χ1n) is 7.53. The number of ether oxygens (including phenoxy) is 1. The molecular formula is C16H22N2O5S. The van der Waals surface area contributed by atoms with E-state index >= 15 is 0 Å². The standard InChI is InChI=1S/C16H22N2O5S/c1-5-16(3,4)17-14(19)10-23-15(20)11(2)24-13-8-6-12(7-9-13)18(21)22/h6-9,11H,5,10H2,1-4H3,(H,17,19). The minimum absolute atomic E-state index is 0.00945. The molecule has 0 radical (unpaired) electrons. The molecule has 1 aromatic carbocycles. The molecule has 132 valence electrons. The van der Waals surface area contributed by atoms with E-state index in [1.807, 2.05) is 20.8 Å². The van der Waals surface area contributed by atoms with Gasteiger partial charge in [-0.1, -0.05) is 6.92 Å². The molecule has 0 aliphatic carbocycles.